The van der Waals surface area contributed by atoms with Crippen molar-refractivity contribution in [1.82, 2.24) is 19.1 Å². The van der Waals surface area contributed by atoms with Gasteiger partial charge < -0.3 is 18.6 Å². The fourth-order valence-corrected chi connectivity index (χ4v) is 1.88. The van der Waals surface area contributed by atoms with E-state index in [-0.39, 0.29) is 6.29 Å². The van der Waals surface area contributed by atoms with Gasteiger partial charge in [-0.05, 0) is 0 Å². The Kier molecular flexibility index (Phi) is 3.14. The van der Waals surface area contributed by atoms with Crippen molar-refractivity contribution in [3.05, 3.63) is 30.2 Å². The second-order valence-electron chi connectivity index (χ2n) is 4.30. The quantitative estimate of drug-likeness (QED) is 0.771. The molecule has 0 unspecified atom stereocenters. The molecule has 0 atom stereocenters. The number of rotatable bonds is 3. The zero-order valence-corrected chi connectivity index (χ0v) is 10.9. The summed E-state index contributed by atoms with van der Waals surface area (Å²) in [5.41, 5.74) is 0. The number of ether oxygens (including phenoxy) is 2. The first kappa shape index (κ1) is 12.1. The first-order chi connectivity index (χ1) is 9.24. The van der Waals surface area contributed by atoms with E-state index in [0.29, 0.717) is 19.0 Å². The molecule has 1 saturated heterocycles. The topological polar surface area (TPSA) is 66.5 Å². The van der Waals surface area contributed by atoms with Gasteiger partial charge >= 0.3 is 0 Å². The Morgan fingerprint density at radius 2 is 2.11 bits per heavy atom. The van der Waals surface area contributed by atoms with Gasteiger partial charge in [-0.1, -0.05) is 0 Å². The van der Waals surface area contributed by atoms with E-state index in [0.717, 1.165) is 11.6 Å². The number of hydrogen-bond donors (Lipinski definition) is 0. The van der Waals surface area contributed by atoms with Crippen molar-refractivity contribution in [3.63, 3.8) is 0 Å². The lowest BCUT2D eigenvalue weighted by Crippen LogP contribution is -2.05. The molecule has 0 amide bonds. The van der Waals surface area contributed by atoms with Crippen LogP contribution in [0.25, 0.3) is 0 Å². The molecule has 7 heteroatoms. The van der Waals surface area contributed by atoms with Crippen molar-refractivity contribution in [3.8, 4) is 0 Å². The maximum absolute atomic E-state index is 5.43. The number of aromatic nitrogens is 4. The molecule has 1 fully saturated rings. The van der Waals surface area contributed by atoms with E-state index < -0.39 is 0 Å². The van der Waals surface area contributed by atoms with Crippen LogP contribution >= 0.6 is 0 Å². The van der Waals surface area contributed by atoms with Crippen molar-refractivity contribution in [2.75, 3.05) is 13.2 Å². The number of aryl methyl sites for hydroxylation is 2. The Labute approximate surface area is 110 Å². The standard InChI is InChI=1S/C12H15N5O2/c1-16-4-3-13-10(16)7-14-9-8-17(2)11(15-9)12-18-5-6-19-12/h3-4,7-8,12H,5-6H2,1-2H3/b14-7+. The molecule has 3 rings (SSSR count). The van der Waals surface area contributed by atoms with Crippen LogP contribution in [-0.2, 0) is 23.6 Å². The van der Waals surface area contributed by atoms with Gasteiger partial charge in [-0.2, -0.15) is 0 Å². The summed E-state index contributed by atoms with van der Waals surface area (Å²) in [6, 6.07) is 0. The van der Waals surface area contributed by atoms with Gasteiger partial charge in [-0.3, -0.25) is 0 Å². The average molecular weight is 261 g/mol. The molecule has 7 nitrogen and oxygen atoms in total. The molecule has 3 heterocycles. The summed E-state index contributed by atoms with van der Waals surface area (Å²) in [6.07, 6.45) is 6.72. The van der Waals surface area contributed by atoms with Crippen LogP contribution in [0.1, 0.15) is 17.9 Å². The fraction of sp³-hybridized carbons (Fsp3) is 0.417. The van der Waals surface area contributed by atoms with Crippen LogP contribution in [0.4, 0.5) is 5.82 Å². The molecule has 0 N–H and O–H groups in total. The lowest BCUT2D eigenvalue weighted by Gasteiger charge is -2.07. The highest BCUT2D eigenvalue weighted by molar-refractivity contribution is 5.77. The zero-order valence-electron chi connectivity index (χ0n) is 10.9. The number of aliphatic imine (C=N–C) groups is 1. The Hall–Kier alpha value is -1.99. The molecular formula is C12H15N5O2. The molecule has 1 aliphatic heterocycles. The predicted octanol–water partition coefficient (Wildman–Crippen LogP) is 0.950. The molecule has 19 heavy (non-hydrogen) atoms. The Morgan fingerprint density at radius 3 is 2.79 bits per heavy atom. The zero-order chi connectivity index (χ0) is 13.2. The number of imidazole rings is 2. The second-order valence-corrected chi connectivity index (χ2v) is 4.30. The predicted molar refractivity (Wildman–Crippen MR) is 68.3 cm³/mol. The van der Waals surface area contributed by atoms with Crippen molar-refractivity contribution in [2.45, 2.75) is 6.29 Å². The highest BCUT2D eigenvalue weighted by Crippen LogP contribution is 2.24. The molecule has 0 saturated carbocycles. The monoisotopic (exact) mass is 261 g/mol. The number of hydrogen-bond acceptors (Lipinski definition) is 5. The largest absolute Gasteiger partial charge is 0.343 e. The molecule has 0 aliphatic carbocycles. The summed E-state index contributed by atoms with van der Waals surface area (Å²) >= 11 is 0. The maximum Gasteiger partial charge on any atom is 0.217 e. The lowest BCUT2D eigenvalue weighted by atomic mass is 10.6. The van der Waals surface area contributed by atoms with Crippen LogP contribution in [0.2, 0.25) is 0 Å². The summed E-state index contributed by atoms with van der Waals surface area (Å²) in [6.45, 7) is 1.20. The minimum atomic E-state index is -0.387. The Morgan fingerprint density at radius 1 is 1.32 bits per heavy atom. The van der Waals surface area contributed by atoms with Crippen LogP contribution in [0.5, 0.6) is 0 Å². The minimum Gasteiger partial charge on any atom is -0.343 e. The molecule has 0 spiro atoms. The van der Waals surface area contributed by atoms with Gasteiger partial charge in [0.25, 0.3) is 0 Å². The first-order valence-electron chi connectivity index (χ1n) is 6.02. The summed E-state index contributed by atoms with van der Waals surface area (Å²) in [5.74, 6) is 2.12. The van der Waals surface area contributed by atoms with E-state index in [1.54, 1.807) is 12.4 Å². The Balaban J connectivity index is 1.80. The third kappa shape index (κ3) is 2.42. The summed E-state index contributed by atoms with van der Waals surface area (Å²) in [5, 5.41) is 0. The third-order valence-electron chi connectivity index (χ3n) is 2.90. The normalized spacial score (nSPS) is 16.7. The van der Waals surface area contributed by atoms with Gasteiger partial charge in [0, 0.05) is 32.7 Å². The van der Waals surface area contributed by atoms with E-state index in [2.05, 4.69) is 15.0 Å². The van der Waals surface area contributed by atoms with Crippen LogP contribution in [0.15, 0.2) is 23.6 Å². The molecule has 0 aromatic carbocycles. The fourth-order valence-electron chi connectivity index (χ4n) is 1.88. The Bertz CT molecular complexity index is 595. The summed E-state index contributed by atoms with van der Waals surface area (Å²) in [4.78, 5) is 12.9. The molecule has 1 aliphatic rings. The van der Waals surface area contributed by atoms with Crippen molar-refractivity contribution in [2.24, 2.45) is 19.1 Å². The first-order valence-corrected chi connectivity index (χ1v) is 6.02. The summed E-state index contributed by atoms with van der Waals surface area (Å²) in [7, 11) is 3.81. The van der Waals surface area contributed by atoms with Crippen LogP contribution in [0, 0.1) is 0 Å². The minimum absolute atomic E-state index is 0.387. The van der Waals surface area contributed by atoms with Gasteiger partial charge in [0.2, 0.25) is 6.29 Å². The van der Waals surface area contributed by atoms with Gasteiger partial charge in [-0.25, -0.2) is 15.0 Å². The molecular weight excluding hydrogens is 246 g/mol. The van der Waals surface area contributed by atoms with E-state index in [4.69, 9.17) is 9.47 Å². The van der Waals surface area contributed by atoms with Gasteiger partial charge in [-0.15, -0.1) is 0 Å². The van der Waals surface area contributed by atoms with E-state index >= 15 is 0 Å². The molecule has 0 radical (unpaired) electrons. The van der Waals surface area contributed by atoms with Gasteiger partial charge in [0.05, 0.1) is 19.4 Å². The van der Waals surface area contributed by atoms with E-state index in [9.17, 15) is 0 Å². The van der Waals surface area contributed by atoms with Crippen LogP contribution in [-0.4, -0.2) is 38.5 Å². The van der Waals surface area contributed by atoms with E-state index in [1.807, 2.05) is 35.6 Å². The highest BCUT2D eigenvalue weighted by Gasteiger charge is 2.23. The van der Waals surface area contributed by atoms with Crippen molar-refractivity contribution in [1.29, 1.82) is 0 Å². The highest BCUT2D eigenvalue weighted by atomic mass is 16.7. The lowest BCUT2D eigenvalue weighted by molar-refractivity contribution is -0.0523. The summed E-state index contributed by atoms with van der Waals surface area (Å²) < 4.78 is 14.6. The van der Waals surface area contributed by atoms with Gasteiger partial charge in [0.15, 0.2) is 17.5 Å². The average Bonchev–Trinajstić information content (AvgIpc) is 3.08. The molecule has 0 bridgehead atoms. The third-order valence-corrected chi connectivity index (χ3v) is 2.90. The maximum atomic E-state index is 5.43. The van der Waals surface area contributed by atoms with Crippen molar-refractivity contribution >= 4 is 12.0 Å². The van der Waals surface area contributed by atoms with Gasteiger partial charge in [0.1, 0.15) is 0 Å². The molecule has 2 aromatic rings. The van der Waals surface area contributed by atoms with E-state index in [1.165, 1.54) is 0 Å². The van der Waals surface area contributed by atoms with Crippen LogP contribution in [0.3, 0.4) is 0 Å². The van der Waals surface area contributed by atoms with Crippen molar-refractivity contribution < 1.29 is 9.47 Å². The van der Waals surface area contributed by atoms with Crippen LogP contribution < -0.4 is 0 Å². The molecule has 2 aromatic heterocycles. The smallest absolute Gasteiger partial charge is 0.217 e. The molecule has 100 valence electrons. The second kappa shape index (κ2) is 4.94. The number of nitrogens with zero attached hydrogens (tertiary/aromatic N) is 5. The SMILES string of the molecule is Cn1ccnc1/C=N/c1cn(C)c(C2OCCO2)n1.